The molecular formula is C21H18F3N5O4S. The second kappa shape index (κ2) is 8.56. The minimum absolute atomic E-state index is 0.247. The molecule has 13 heteroatoms. The normalized spacial score (nSPS) is 22.6. The first-order valence-electron chi connectivity index (χ1n) is 9.95. The summed E-state index contributed by atoms with van der Waals surface area (Å²) in [6.45, 7) is 0. The van der Waals surface area contributed by atoms with Crippen LogP contribution in [0.15, 0.2) is 48.4 Å². The van der Waals surface area contributed by atoms with Crippen LogP contribution in [0.25, 0.3) is 0 Å². The van der Waals surface area contributed by atoms with Crippen LogP contribution in [0.1, 0.15) is 39.1 Å². The Hall–Kier alpha value is -3.74. The smallest absolute Gasteiger partial charge is 0.416 e. The molecule has 3 atom stereocenters. The Balaban J connectivity index is 1.91. The number of hydrogen-bond acceptors (Lipinski definition) is 6. The van der Waals surface area contributed by atoms with Crippen LogP contribution >= 0.6 is 11.3 Å². The Labute approximate surface area is 194 Å². The average molecular weight is 493 g/mol. The molecule has 1 aliphatic rings. The zero-order valence-corrected chi connectivity index (χ0v) is 18.1. The van der Waals surface area contributed by atoms with E-state index in [9.17, 15) is 32.7 Å². The first-order chi connectivity index (χ1) is 16.0. The predicted molar refractivity (Wildman–Crippen MR) is 112 cm³/mol. The molecule has 0 radical (unpaired) electrons. The molecule has 0 bridgehead atoms. The Morgan fingerprint density at radius 3 is 2.65 bits per heavy atom. The second-order valence-electron chi connectivity index (χ2n) is 7.87. The maximum absolute atomic E-state index is 13.7. The zero-order valence-electron chi connectivity index (χ0n) is 17.3. The molecule has 2 aromatic heterocycles. The molecule has 1 fully saturated rings. The van der Waals surface area contributed by atoms with Crippen molar-refractivity contribution in [2.75, 3.05) is 0 Å². The third kappa shape index (κ3) is 4.02. The van der Waals surface area contributed by atoms with E-state index < -0.39 is 47.0 Å². The molecule has 0 saturated carbocycles. The highest BCUT2D eigenvalue weighted by Gasteiger charge is 2.61. The fourth-order valence-electron chi connectivity index (χ4n) is 4.35. The van der Waals surface area contributed by atoms with E-state index in [1.54, 1.807) is 5.38 Å². The summed E-state index contributed by atoms with van der Waals surface area (Å²) >= 11 is 1.08. The van der Waals surface area contributed by atoms with E-state index in [1.807, 2.05) is 0 Å². The number of aromatic amines is 1. The minimum Gasteiger partial charge on any atom is -0.479 e. The van der Waals surface area contributed by atoms with Gasteiger partial charge >= 0.3 is 12.1 Å². The van der Waals surface area contributed by atoms with Gasteiger partial charge in [-0.15, -0.1) is 11.3 Å². The first-order valence-corrected chi connectivity index (χ1v) is 10.8. The van der Waals surface area contributed by atoms with Crippen LogP contribution in [0, 0.1) is 5.92 Å². The monoisotopic (exact) mass is 493 g/mol. The maximum atomic E-state index is 13.7. The Kier molecular flexibility index (Phi) is 5.89. The molecule has 3 unspecified atom stereocenters. The number of carbonyl (C=O) groups is 3. The number of hydrogen-bond donors (Lipinski definition) is 3. The summed E-state index contributed by atoms with van der Waals surface area (Å²) in [6.07, 6.45) is -1.24. The number of rotatable bonds is 6. The number of aromatic nitrogens is 3. The number of nitrogens with two attached hydrogens (primary N) is 1. The maximum Gasteiger partial charge on any atom is 0.416 e. The summed E-state index contributed by atoms with van der Waals surface area (Å²) in [4.78, 5) is 50.6. The van der Waals surface area contributed by atoms with Gasteiger partial charge in [0, 0.05) is 35.5 Å². The molecule has 1 saturated heterocycles. The van der Waals surface area contributed by atoms with E-state index in [0.29, 0.717) is 11.8 Å². The molecule has 0 spiro atoms. The fourth-order valence-corrected chi connectivity index (χ4v) is 5.14. The number of likely N-dealkylation sites (tertiary alicyclic amines) is 1. The molecule has 3 aromatic rings. The van der Waals surface area contributed by atoms with Crippen molar-refractivity contribution in [2.24, 2.45) is 11.7 Å². The van der Waals surface area contributed by atoms with E-state index >= 15 is 0 Å². The number of imidazole rings is 1. The molecule has 34 heavy (non-hydrogen) atoms. The van der Waals surface area contributed by atoms with Crippen molar-refractivity contribution in [3.05, 3.63) is 70.2 Å². The van der Waals surface area contributed by atoms with Crippen LogP contribution in [0.3, 0.4) is 0 Å². The molecule has 9 nitrogen and oxygen atoms in total. The van der Waals surface area contributed by atoms with Crippen molar-refractivity contribution in [3.63, 3.8) is 0 Å². The van der Waals surface area contributed by atoms with Gasteiger partial charge in [0.05, 0.1) is 23.9 Å². The topological polar surface area (TPSA) is 142 Å². The van der Waals surface area contributed by atoms with E-state index in [4.69, 9.17) is 5.73 Å². The lowest BCUT2D eigenvalue weighted by Crippen LogP contribution is -2.55. The average Bonchev–Trinajstić information content (AvgIpc) is 3.53. The van der Waals surface area contributed by atoms with Crippen molar-refractivity contribution in [3.8, 4) is 0 Å². The third-order valence-corrected chi connectivity index (χ3v) is 6.69. The largest absolute Gasteiger partial charge is 0.479 e. The highest BCUT2D eigenvalue weighted by atomic mass is 32.1. The summed E-state index contributed by atoms with van der Waals surface area (Å²) in [7, 11) is 0. The first kappa shape index (κ1) is 23.4. The lowest BCUT2D eigenvalue weighted by Gasteiger charge is -2.37. The standard InChI is InChI=1S/C21H18F3N5O4S/c22-21(23,24)12-3-1-2-11(6-12)18(31)29-15(17-27-4-5-34-17)14(16(25)30)8-20(29,19(32)33)7-13-9-26-10-28-13/h1-6,9-10,14-15H,7-8H2,(H2,25,30)(H,26,28)(H,32,33). The molecule has 4 N–H and O–H groups in total. The molecule has 4 rings (SSSR count). The molecule has 3 heterocycles. The van der Waals surface area contributed by atoms with Gasteiger partial charge in [0.1, 0.15) is 10.5 Å². The van der Waals surface area contributed by atoms with Gasteiger partial charge in [-0.3, -0.25) is 9.59 Å². The van der Waals surface area contributed by atoms with Crippen LogP contribution in [0.5, 0.6) is 0 Å². The van der Waals surface area contributed by atoms with Crippen LogP contribution in [-0.2, 0) is 22.2 Å². The van der Waals surface area contributed by atoms with Gasteiger partial charge in [-0.2, -0.15) is 13.2 Å². The van der Waals surface area contributed by atoms with Gasteiger partial charge in [0.25, 0.3) is 5.91 Å². The molecular weight excluding hydrogens is 475 g/mol. The van der Waals surface area contributed by atoms with E-state index in [-0.39, 0.29) is 23.4 Å². The Morgan fingerprint density at radius 1 is 1.32 bits per heavy atom. The van der Waals surface area contributed by atoms with Gasteiger partial charge in [-0.25, -0.2) is 14.8 Å². The number of carboxylic acids is 1. The summed E-state index contributed by atoms with van der Waals surface area (Å²) in [6, 6.07) is 2.50. The van der Waals surface area contributed by atoms with Crippen LogP contribution < -0.4 is 5.73 Å². The number of halogens is 3. The predicted octanol–water partition coefficient (Wildman–Crippen LogP) is 2.64. The number of primary amides is 1. The molecule has 0 aliphatic carbocycles. The Morgan fingerprint density at radius 2 is 2.09 bits per heavy atom. The summed E-state index contributed by atoms with van der Waals surface area (Å²) < 4.78 is 39.9. The van der Waals surface area contributed by atoms with Crippen molar-refractivity contribution < 1.29 is 32.7 Å². The fraction of sp³-hybridized carbons (Fsp3) is 0.286. The van der Waals surface area contributed by atoms with Gasteiger partial charge < -0.3 is 20.7 Å². The number of aliphatic carboxylic acids is 1. The number of nitrogens with zero attached hydrogens (tertiary/aromatic N) is 3. The lowest BCUT2D eigenvalue weighted by atomic mass is 9.86. The summed E-state index contributed by atoms with van der Waals surface area (Å²) in [5.74, 6) is -4.42. The Bertz CT molecular complexity index is 1220. The molecule has 1 aromatic carbocycles. The van der Waals surface area contributed by atoms with Crippen molar-refractivity contribution in [2.45, 2.75) is 30.6 Å². The highest BCUT2D eigenvalue weighted by Crippen LogP contribution is 2.49. The number of benzene rings is 1. The van der Waals surface area contributed by atoms with Gasteiger partial charge in [-0.05, 0) is 24.6 Å². The lowest BCUT2D eigenvalue weighted by molar-refractivity contribution is -0.149. The van der Waals surface area contributed by atoms with Crippen molar-refractivity contribution in [1.82, 2.24) is 19.9 Å². The number of alkyl halides is 3. The van der Waals surface area contributed by atoms with Crippen molar-refractivity contribution >= 4 is 29.1 Å². The molecule has 2 amide bonds. The van der Waals surface area contributed by atoms with E-state index in [2.05, 4.69) is 15.0 Å². The number of H-pyrrole nitrogens is 1. The summed E-state index contributed by atoms with van der Waals surface area (Å²) in [5, 5.41) is 12.2. The minimum atomic E-state index is -4.72. The van der Waals surface area contributed by atoms with E-state index in [0.717, 1.165) is 34.4 Å². The number of thiazole rings is 1. The van der Waals surface area contributed by atoms with Gasteiger partial charge in [0.15, 0.2) is 0 Å². The van der Waals surface area contributed by atoms with Crippen LogP contribution in [0.2, 0.25) is 0 Å². The van der Waals surface area contributed by atoms with Crippen LogP contribution in [0.4, 0.5) is 13.2 Å². The third-order valence-electron chi connectivity index (χ3n) is 5.84. The number of carbonyl (C=O) groups excluding carboxylic acids is 2. The molecule has 1 aliphatic heterocycles. The zero-order chi connectivity index (χ0) is 24.7. The van der Waals surface area contributed by atoms with Crippen molar-refractivity contribution in [1.29, 1.82) is 0 Å². The number of amides is 2. The summed E-state index contributed by atoms with van der Waals surface area (Å²) in [5.41, 5.74) is 2.51. The highest BCUT2D eigenvalue weighted by molar-refractivity contribution is 7.09. The number of carboxylic acid groups (broad SMARTS) is 1. The second-order valence-corrected chi connectivity index (χ2v) is 8.80. The molecule has 178 valence electrons. The number of nitrogens with one attached hydrogen (secondary N) is 1. The quantitative estimate of drug-likeness (QED) is 0.482. The van der Waals surface area contributed by atoms with Gasteiger partial charge in [0.2, 0.25) is 5.91 Å². The van der Waals surface area contributed by atoms with Crippen LogP contribution in [-0.4, -0.2) is 48.3 Å². The SMILES string of the molecule is NC(=O)C1CC(Cc2cnc[nH]2)(C(=O)O)N(C(=O)c2cccc(C(F)(F)F)c2)C1c1nccs1. The van der Waals surface area contributed by atoms with E-state index in [1.165, 1.54) is 18.7 Å². The van der Waals surface area contributed by atoms with Gasteiger partial charge in [-0.1, -0.05) is 6.07 Å².